The average Bonchev–Trinajstić information content (AvgIpc) is 2.94. The maximum Gasteiger partial charge on any atom is 0.123 e. The Hall–Kier alpha value is -2.39. The molecule has 1 atom stereocenters. The van der Waals surface area contributed by atoms with Crippen molar-refractivity contribution in [2.45, 2.75) is 6.10 Å². The molecule has 0 fully saturated rings. The van der Waals surface area contributed by atoms with Gasteiger partial charge in [-0.05, 0) is 22.8 Å². The number of aliphatic hydroxyl groups excluding tert-OH is 1. The van der Waals surface area contributed by atoms with Crippen LogP contribution in [0.2, 0.25) is 0 Å². The van der Waals surface area contributed by atoms with Crippen LogP contribution in [0.3, 0.4) is 0 Å². The first kappa shape index (κ1) is 12.6. The fraction of sp³-hybridized carbons (Fsp3) is 0.118. The van der Waals surface area contributed by atoms with Crippen LogP contribution in [-0.4, -0.2) is 14.9 Å². The lowest BCUT2D eigenvalue weighted by molar-refractivity contribution is 0.214. The Morgan fingerprint density at radius 1 is 0.900 bits per heavy atom. The van der Waals surface area contributed by atoms with Crippen molar-refractivity contribution in [3.63, 3.8) is 0 Å². The SMILES string of the molecule is Cn1ccc(C(O)c2ccc(-c3ccccc3)cc2)n1. The maximum atomic E-state index is 10.3. The van der Waals surface area contributed by atoms with Gasteiger partial charge in [0.2, 0.25) is 0 Å². The Kier molecular flexibility index (Phi) is 3.35. The second-order valence-corrected chi connectivity index (χ2v) is 4.80. The Morgan fingerprint density at radius 3 is 2.15 bits per heavy atom. The van der Waals surface area contributed by atoms with Crippen LogP contribution in [0.25, 0.3) is 11.1 Å². The molecule has 20 heavy (non-hydrogen) atoms. The molecule has 1 aromatic heterocycles. The van der Waals surface area contributed by atoms with E-state index in [1.807, 2.05) is 61.8 Å². The standard InChI is InChI=1S/C17H16N2O/c1-19-12-11-16(18-19)17(20)15-9-7-14(8-10-15)13-5-3-2-4-6-13/h2-12,17,20H,1H3. The second kappa shape index (κ2) is 5.31. The average molecular weight is 264 g/mol. The lowest BCUT2D eigenvalue weighted by Crippen LogP contribution is -2.01. The number of aromatic nitrogens is 2. The molecule has 0 radical (unpaired) electrons. The van der Waals surface area contributed by atoms with Crippen molar-refractivity contribution in [3.8, 4) is 11.1 Å². The van der Waals surface area contributed by atoms with Crippen molar-refractivity contribution in [2.75, 3.05) is 0 Å². The molecule has 100 valence electrons. The largest absolute Gasteiger partial charge is 0.382 e. The van der Waals surface area contributed by atoms with Crippen molar-refractivity contribution in [1.82, 2.24) is 9.78 Å². The Balaban J connectivity index is 1.86. The van der Waals surface area contributed by atoms with E-state index in [0.29, 0.717) is 5.69 Å². The number of aliphatic hydroxyl groups is 1. The molecule has 0 aliphatic heterocycles. The van der Waals surface area contributed by atoms with Gasteiger partial charge in [0, 0.05) is 13.2 Å². The van der Waals surface area contributed by atoms with Gasteiger partial charge in [0.1, 0.15) is 6.10 Å². The highest BCUT2D eigenvalue weighted by Gasteiger charge is 2.12. The van der Waals surface area contributed by atoms with Crippen LogP contribution in [0.1, 0.15) is 17.4 Å². The second-order valence-electron chi connectivity index (χ2n) is 4.80. The van der Waals surface area contributed by atoms with Crippen molar-refractivity contribution in [2.24, 2.45) is 7.05 Å². The van der Waals surface area contributed by atoms with Crippen LogP contribution >= 0.6 is 0 Å². The quantitative estimate of drug-likeness (QED) is 0.789. The van der Waals surface area contributed by atoms with Gasteiger partial charge < -0.3 is 5.11 Å². The molecule has 0 saturated carbocycles. The van der Waals surface area contributed by atoms with Gasteiger partial charge in [0.15, 0.2) is 0 Å². The summed E-state index contributed by atoms with van der Waals surface area (Å²) in [6, 6.07) is 20.0. The molecular weight excluding hydrogens is 248 g/mol. The summed E-state index contributed by atoms with van der Waals surface area (Å²) >= 11 is 0. The topological polar surface area (TPSA) is 38.0 Å². The summed E-state index contributed by atoms with van der Waals surface area (Å²) in [7, 11) is 1.84. The molecule has 0 bridgehead atoms. The van der Waals surface area contributed by atoms with E-state index in [2.05, 4.69) is 17.2 Å². The Labute approximate surface area is 118 Å². The minimum absolute atomic E-state index is 0.667. The molecule has 3 aromatic rings. The van der Waals surface area contributed by atoms with Crippen molar-refractivity contribution in [1.29, 1.82) is 0 Å². The summed E-state index contributed by atoms with van der Waals surface area (Å²) in [6.45, 7) is 0. The third kappa shape index (κ3) is 2.49. The summed E-state index contributed by atoms with van der Waals surface area (Å²) in [5, 5.41) is 14.5. The summed E-state index contributed by atoms with van der Waals surface area (Å²) in [5.74, 6) is 0. The van der Waals surface area contributed by atoms with E-state index in [1.54, 1.807) is 4.68 Å². The lowest BCUT2D eigenvalue weighted by atomic mass is 10.0. The molecule has 0 spiro atoms. The van der Waals surface area contributed by atoms with Gasteiger partial charge in [-0.15, -0.1) is 0 Å². The van der Waals surface area contributed by atoms with Crippen LogP contribution in [0.15, 0.2) is 66.9 Å². The molecule has 0 saturated heterocycles. The molecule has 3 heteroatoms. The van der Waals surface area contributed by atoms with Gasteiger partial charge in [0.25, 0.3) is 0 Å². The van der Waals surface area contributed by atoms with Gasteiger partial charge >= 0.3 is 0 Å². The van der Waals surface area contributed by atoms with Crippen LogP contribution in [0, 0.1) is 0 Å². The molecule has 0 amide bonds. The number of nitrogens with zero attached hydrogens (tertiary/aromatic N) is 2. The van der Waals surface area contributed by atoms with Gasteiger partial charge in [-0.1, -0.05) is 54.6 Å². The molecule has 3 rings (SSSR count). The maximum absolute atomic E-state index is 10.3. The zero-order chi connectivity index (χ0) is 13.9. The molecule has 1 N–H and O–H groups in total. The highest BCUT2D eigenvalue weighted by Crippen LogP contribution is 2.24. The van der Waals surface area contributed by atoms with Gasteiger partial charge in [-0.2, -0.15) is 5.10 Å². The van der Waals surface area contributed by atoms with E-state index < -0.39 is 6.10 Å². The first-order valence-electron chi connectivity index (χ1n) is 6.57. The van der Waals surface area contributed by atoms with Crippen LogP contribution in [0.4, 0.5) is 0 Å². The monoisotopic (exact) mass is 264 g/mol. The highest BCUT2D eigenvalue weighted by atomic mass is 16.3. The zero-order valence-corrected chi connectivity index (χ0v) is 11.3. The van der Waals surface area contributed by atoms with Crippen LogP contribution < -0.4 is 0 Å². The summed E-state index contributed by atoms with van der Waals surface area (Å²) in [6.07, 6.45) is 1.15. The third-order valence-corrected chi connectivity index (χ3v) is 3.35. The molecule has 2 aromatic carbocycles. The fourth-order valence-corrected chi connectivity index (χ4v) is 2.24. The number of rotatable bonds is 3. The normalized spacial score (nSPS) is 12.3. The van der Waals surface area contributed by atoms with E-state index in [9.17, 15) is 5.11 Å². The predicted molar refractivity (Wildman–Crippen MR) is 79.1 cm³/mol. The predicted octanol–water partition coefficient (Wildman–Crippen LogP) is 3.17. The van der Waals surface area contributed by atoms with Crippen molar-refractivity contribution in [3.05, 3.63) is 78.1 Å². The summed E-state index contributed by atoms with van der Waals surface area (Å²) in [4.78, 5) is 0. The molecule has 0 aliphatic rings. The molecule has 1 heterocycles. The van der Waals surface area contributed by atoms with E-state index in [0.717, 1.165) is 11.1 Å². The van der Waals surface area contributed by atoms with Gasteiger partial charge in [0.05, 0.1) is 5.69 Å². The van der Waals surface area contributed by atoms with Crippen molar-refractivity contribution >= 4 is 0 Å². The van der Waals surface area contributed by atoms with E-state index in [-0.39, 0.29) is 0 Å². The third-order valence-electron chi connectivity index (χ3n) is 3.35. The number of hydrogen-bond acceptors (Lipinski definition) is 2. The summed E-state index contributed by atoms with van der Waals surface area (Å²) < 4.78 is 1.69. The fourth-order valence-electron chi connectivity index (χ4n) is 2.24. The van der Waals surface area contributed by atoms with Crippen LogP contribution in [0.5, 0.6) is 0 Å². The van der Waals surface area contributed by atoms with E-state index in [4.69, 9.17) is 0 Å². The molecular formula is C17H16N2O. The zero-order valence-electron chi connectivity index (χ0n) is 11.3. The minimum Gasteiger partial charge on any atom is -0.382 e. The number of aryl methyl sites for hydroxylation is 1. The minimum atomic E-state index is -0.680. The van der Waals surface area contributed by atoms with E-state index >= 15 is 0 Å². The smallest absolute Gasteiger partial charge is 0.123 e. The van der Waals surface area contributed by atoms with Gasteiger partial charge in [-0.3, -0.25) is 4.68 Å². The number of benzene rings is 2. The number of hydrogen-bond donors (Lipinski definition) is 1. The Morgan fingerprint density at radius 2 is 1.55 bits per heavy atom. The van der Waals surface area contributed by atoms with E-state index in [1.165, 1.54) is 5.56 Å². The van der Waals surface area contributed by atoms with Gasteiger partial charge in [-0.25, -0.2) is 0 Å². The molecule has 1 unspecified atom stereocenters. The van der Waals surface area contributed by atoms with Crippen molar-refractivity contribution < 1.29 is 5.11 Å². The summed E-state index contributed by atoms with van der Waals surface area (Å²) in [5.41, 5.74) is 3.83. The Bertz CT molecular complexity index is 687. The first-order valence-corrected chi connectivity index (χ1v) is 6.57. The van der Waals surface area contributed by atoms with Crippen LogP contribution in [-0.2, 0) is 7.05 Å². The molecule has 0 aliphatic carbocycles. The molecule has 3 nitrogen and oxygen atoms in total. The lowest BCUT2D eigenvalue weighted by Gasteiger charge is -2.09. The highest BCUT2D eigenvalue weighted by molar-refractivity contribution is 5.63. The first-order chi connectivity index (χ1) is 9.74.